The van der Waals surface area contributed by atoms with Crippen molar-refractivity contribution in [1.82, 2.24) is 0 Å². The van der Waals surface area contributed by atoms with Gasteiger partial charge in [0.1, 0.15) is 5.25 Å². The lowest BCUT2D eigenvalue weighted by molar-refractivity contribution is -0.115. The van der Waals surface area contributed by atoms with Gasteiger partial charge in [-0.3, -0.25) is 9.00 Å². The number of anilines is 2. The predicted octanol–water partition coefficient (Wildman–Crippen LogP) is 2.18. The maximum Gasteiger partial charge on any atom is 0.239 e. The highest BCUT2D eigenvalue weighted by Gasteiger charge is 2.34. The van der Waals surface area contributed by atoms with Crippen LogP contribution in [0.3, 0.4) is 0 Å². The summed E-state index contributed by atoms with van der Waals surface area (Å²) in [5, 5.41) is 2.42. The van der Waals surface area contributed by atoms with E-state index in [1.165, 1.54) is 0 Å². The summed E-state index contributed by atoms with van der Waals surface area (Å²) in [6, 6.07) is 4.84. The predicted molar refractivity (Wildman–Crippen MR) is 85.9 cm³/mol. The summed E-state index contributed by atoms with van der Waals surface area (Å²) in [5.41, 5.74) is 6.65. The molecule has 2 rings (SSSR count). The van der Waals surface area contributed by atoms with Crippen LogP contribution in [0.15, 0.2) is 18.2 Å². The average Bonchev–Trinajstić information content (AvgIpc) is 2.87. The molecule has 116 valence electrons. The SMILES string of the molecule is CC1OCCC1S(=O)C(C)C(=O)Nc1cc(Cl)ccc1N. The van der Waals surface area contributed by atoms with Crippen LogP contribution in [-0.2, 0) is 20.3 Å². The quantitative estimate of drug-likeness (QED) is 0.829. The van der Waals surface area contributed by atoms with E-state index in [0.717, 1.165) is 0 Å². The lowest BCUT2D eigenvalue weighted by Gasteiger charge is -2.19. The molecular weight excluding hydrogens is 312 g/mol. The zero-order valence-electron chi connectivity index (χ0n) is 12.0. The zero-order valence-corrected chi connectivity index (χ0v) is 13.5. The number of halogens is 1. The molecule has 1 aromatic rings. The van der Waals surface area contributed by atoms with Crippen molar-refractivity contribution >= 4 is 39.7 Å². The van der Waals surface area contributed by atoms with E-state index in [-0.39, 0.29) is 17.3 Å². The van der Waals surface area contributed by atoms with Crippen LogP contribution in [0.4, 0.5) is 11.4 Å². The first-order chi connectivity index (χ1) is 9.90. The number of amides is 1. The number of carbonyl (C=O) groups excluding carboxylic acids is 1. The van der Waals surface area contributed by atoms with Gasteiger partial charge in [0.05, 0.1) is 22.7 Å². The van der Waals surface area contributed by atoms with Gasteiger partial charge in [-0.2, -0.15) is 0 Å². The molecule has 1 aliphatic heterocycles. The van der Waals surface area contributed by atoms with E-state index in [1.807, 2.05) is 6.92 Å². The van der Waals surface area contributed by atoms with Crippen molar-refractivity contribution in [1.29, 1.82) is 0 Å². The third-order valence-electron chi connectivity index (χ3n) is 3.60. The molecule has 0 radical (unpaired) electrons. The monoisotopic (exact) mass is 330 g/mol. The summed E-state index contributed by atoms with van der Waals surface area (Å²) in [4.78, 5) is 12.2. The Labute approximate surface area is 131 Å². The molecule has 0 aliphatic carbocycles. The van der Waals surface area contributed by atoms with Crippen molar-refractivity contribution in [3.8, 4) is 0 Å². The zero-order chi connectivity index (χ0) is 15.6. The van der Waals surface area contributed by atoms with Crippen molar-refractivity contribution in [2.24, 2.45) is 0 Å². The summed E-state index contributed by atoms with van der Waals surface area (Å²) in [6.45, 7) is 4.12. The fourth-order valence-electron chi connectivity index (χ4n) is 2.26. The second kappa shape index (κ2) is 6.77. The minimum absolute atomic E-state index is 0.0858. The molecule has 21 heavy (non-hydrogen) atoms. The number of hydrogen-bond acceptors (Lipinski definition) is 4. The van der Waals surface area contributed by atoms with Gasteiger partial charge in [-0.1, -0.05) is 11.6 Å². The first kappa shape index (κ1) is 16.3. The maximum atomic E-state index is 12.5. The van der Waals surface area contributed by atoms with E-state index in [0.29, 0.717) is 29.4 Å². The minimum atomic E-state index is -1.30. The fourth-order valence-corrected chi connectivity index (χ4v) is 4.01. The topological polar surface area (TPSA) is 81.4 Å². The largest absolute Gasteiger partial charge is 0.397 e. The second-order valence-corrected chi connectivity index (χ2v) is 7.50. The highest BCUT2D eigenvalue weighted by Crippen LogP contribution is 2.25. The normalized spacial score (nSPS) is 24.5. The van der Waals surface area contributed by atoms with Gasteiger partial charge in [-0.25, -0.2) is 0 Å². The summed E-state index contributed by atoms with van der Waals surface area (Å²) in [5.74, 6) is -0.332. The Morgan fingerprint density at radius 3 is 2.90 bits per heavy atom. The highest BCUT2D eigenvalue weighted by molar-refractivity contribution is 7.87. The van der Waals surface area contributed by atoms with Crippen LogP contribution in [0.25, 0.3) is 0 Å². The van der Waals surface area contributed by atoms with E-state index in [4.69, 9.17) is 22.1 Å². The molecule has 1 heterocycles. The molecule has 1 amide bonds. The van der Waals surface area contributed by atoms with Crippen molar-refractivity contribution in [3.63, 3.8) is 0 Å². The average molecular weight is 331 g/mol. The molecule has 0 aromatic heterocycles. The van der Waals surface area contributed by atoms with E-state index < -0.39 is 16.0 Å². The van der Waals surface area contributed by atoms with Crippen LogP contribution in [0.1, 0.15) is 20.3 Å². The summed E-state index contributed by atoms with van der Waals surface area (Å²) < 4.78 is 17.9. The summed E-state index contributed by atoms with van der Waals surface area (Å²) in [7, 11) is -1.30. The first-order valence-corrected chi connectivity index (χ1v) is 8.42. The van der Waals surface area contributed by atoms with E-state index in [1.54, 1.807) is 25.1 Å². The van der Waals surface area contributed by atoms with Crippen LogP contribution < -0.4 is 11.1 Å². The molecule has 3 N–H and O–H groups in total. The van der Waals surface area contributed by atoms with Crippen LogP contribution in [-0.4, -0.2) is 33.3 Å². The Morgan fingerprint density at radius 1 is 1.57 bits per heavy atom. The van der Waals surface area contributed by atoms with Crippen LogP contribution >= 0.6 is 11.6 Å². The molecule has 1 aromatic carbocycles. The smallest absolute Gasteiger partial charge is 0.239 e. The van der Waals surface area contributed by atoms with Gasteiger partial charge in [-0.15, -0.1) is 0 Å². The number of ether oxygens (including phenoxy) is 1. The van der Waals surface area contributed by atoms with Gasteiger partial charge in [0, 0.05) is 22.4 Å². The van der Waals surface area contributed by atoms with Gasteiger partial charge < -0.3 is 15.8 Å². The number of nitrogens with two attached hydrogens (primary N) is 1. The molecule has 5 nitrogen and oxygen atoms in total. The molecule has 0 bridgehead atoms. The number of nitrogens with one attached hydrogen (secondary N) is 1. The third-order valence-corrected chi connectivity index (χ3v) is 5.96. The highest BCUT2D eigenvalue weighted by atomic mass is 35.5. The molecule has 4 unspecified atom stereocenters. The summed E-state index contributed by atoms with van der Waals surface area (Å²) in [6.07, 6.45) is 0.627. The molecule has 0 spiro atoms. The van der Waals surface area contributed by atoms with Gasteiger partial charge in [0.15, 0.2) is 0 Å². The number of hydrogen-bond donors (Lipinski definition) is 2. The Kier molecular flexibility index (Phi) is 5.24. The standard InChI is InChI=1S/C14H19ClN2O3S/c1-8-13(5-6-20-8)21(19)9(2)14(18)17-12-7-10(15)3-4-11(12)16/h3-4,7-9,13H,5-6,16H2,1-2H3,(H,17,18). The van der Waals surface area contributed by atoms with Gasteiger partial charge in [0.25, 0.3) is 0 Å². The lowest BCUT2D eigenvalue weighted by Crippen LogP contribution is -2.37. The van der Waals surface area contributed by atoms with Crippen molar-refractivity contribution < 1.29 is 13.7 Å². The van der Waals surface area contributed by atoms with E-state index in [2.05, 4.69) is 5.32 Å². The van der Waals surface area contributed by atoms with Crippen molar-refractivity contribution in [2.45, 2.75) is 36.9 Å². The van der Waals surface area contributed by atoms with Crippen LogP contribution in [0.5, 0.6) is 0 Å². The fraction of sp³-hybridized carbons (Fsp3) is 0.500. The third kappa shape index (κ3) is 3.75. The molecule has 1 aliphatic rings. The number of carbonyl (C=O) groups is 1. The Bertz CT molecular complexity index is 567. The number of rotatable bonds is 4. The van der Waals surface area contributed by atoms with Gasteiger partial charge in [-0.05, 0) is 38.5 Å². The molecular formula is C14H19ClN2O3S. The Morgan fingerprint density at radius 2 is 2.29 bits per heavy atom. The maximum absolute atomic E-state index is 12.5. The molecule has 1 saturated heterocycles. The van der Waals surface area contributed by atoms with E-state index in [9.17, 15) is 9.00 Å². The second-order valence-electron chi connectivity index (χ2n) is 5.09. The Balaban J connectivity index is 2.05. The van der Waals surface area contributed by atoms with Gasteiger partial charge in [0.2, 0.25) is 5.91 Å². The molecule has 1 fully saturated rings. The van der Waals surface area contributed by atoms with E-state index >= 15 is 0 Å². The summed E-state index contributed by atoms with van der Waals surface area (Å²) >= 11 is 5.88. The van der Waals surface area contributed by atoms with Gasteiger partial charge >= 0.3 is 0 Å². The lowest BCUT2D eigenvalue weighted by atomic mass is 10.2. The first-order valence-electron chi connectivity index (χ1n) is 6.77. The Hall–Kier alpha value is -1.11. The van der Waals surface area contributed by atoms with Crippen molar-refractivity contribution in [2.75, 3.05) is 17.7 Å². The van der Waals surface area contributed by atoms with Crippen LogP contribution in [0.2, 0.25) is 5.02 Å². The molecule has 0 saturated carbocycles. The molecule has 4 atom stereocenters. The van der Waals surface area contributed by atoms with Crippen LogP contribution in [0, 0.1) is 0 Å². The minimum Gasteiger partial charge on any atom is -0.397 e. The molecule has 7 heteroatoms. The number of benzene rings is 1. The van der Waals surface area contributed by atoms with Crippen molar-refractivity contribution in [3.05, 3.63) is 23.2 Å². The number of nitrogen functional groups attached to an aromatic ring is 1.